The molecule has 1 aliphatic carbocycles. The second-order valence-corrected chi connectivity index (χ2v) is 6.62. The van der Waals surface area contributed by atoms with Crippen LogP contribution in [0.2, 0.25) is 0 Å². The van der Waals surface area contributed by atoms with Gasteiger partial charge in [0.1, 0.15) is 5.75 Å². The maximum atomic E-state index is 12.8. The van der Waals surface area contributed by atoms with Gasteiger partial charge in [0.2, 0.25) is 5.91 Å². The fourth-order valence-corrected chi connectivity index (χ4v) is 3.59. The van der Waals surface area contributed by atoms with Crippen molar-refractivity contribution in [2.45, 2.75) is 51.2 Å². The standard InChI is InChI=1S/C17H21F2NO3/c1-16(18,19)23-14-4-2-12(3-5-14)20-11-10-17(15(20)22)8-6-13(21)7-9-17/h2-5,13,21H,6-11H2,1H3. The van der Waals surface area contributed by atoms with E-state index in [0.717, 1.165) is 6.42 Å². The van der Waals surface area contributed by atoms with Crippen molar-refractivity contribution >= 4 is 11.6 Å². The minimum Gasteiger partial charge on any atom is -0.433 e. The number of halogens is 2. The number of nitrogens with zero attached hydrogens (tertiary/aromatic N) is 1. The van der Waals surface area contributed by atoms with Gasteiger partial charge >= 0.3 is 6.11 Å². The topological polar surface area (TPSA) is 49.8 Å². The van der Waals surface area contributed by atoms with E-state index in [9.17, 15) is 18.7 Å². The van der Waals surface area contributed by atoms with Crippen LogP contribution in [0, 0.1) is 5.41 Å². The van der Waals surface area contributed by atoms with Crippen LogP contribution in [0.15, 0.2) is 24.3 Å². The van der Waals surface area contributed by atoms with Gasteiger partial charge in [-0.25, -0.2) is 0 Å². The summed E-state index contributed by atoms with van der Waals surface area (Å²) in [4.78, 5) is 14.5. The van der Waals surface area contributed by atoms with E-state index in [1.165, 1.54) is 12.1 Å². The number of hydrogen-bond acceptors (Lipinski definition) is 3. The van der Waals surface area contributed by atoms with E-state index in [1.54, 1.807) is 17.0 Å². The van der Waals surface area contributed by atoms with Gasteiger partial charge in [-0.15, -0.1) is 0 Å². The molecule has 0 atom stereocenters. The molecule has 1 N–H and O–H groups in total. The van der Waals surface area contributed by atoms with Gasteiger partial charge in [-0.2, -0.15) is 8.78 Å². The second-order valence-electron chi connectivity index (χ2n) is 6.62. The number of rotatable bonds is 3. The maximum absolute atomic E-state index is 12.8. The molecule has 4 nitrogen and oxygen atoms in total. The second kappa shape index (κ2) is 5.74. The lowest BCUT2D eigenvalue weighted by Gasteiger charge is -2.33. The summed E-state index contributed by atoms with van der Waals surface area (Å²) in [6, 6.07) is 6.18. The molecule has 0 aromatic heterocycles. The van der Waals surface area contributed by atoms with Gasteiger partial charge in [-0.1, -0.05) is 0 Å². The summed E-state index contributed by atoms with van der Waals surface area (Å²) in [5.74, 6) is 0.155. The van der Waals surface area contributed by atoms with Gasteiger partial charge in [-0.05, 0) is 56.4 Å². The van der Waals surface area contributed by atoms with Crippen LogP contribution in [0.4, 0.5) is 14.5 Å². The van der Waals surface area contributed by atoms with Crippen LogP contribution in [0.25, 0.3) is 0 Å². The first-order valence-corrected chi connectivity index (χ1v) is 7.96. The molecule has 2 fully saturated rings. The van der Waals surface area contributed by atoms with Gasteiger partial charge in [0, 0.05) is 19.2 Å². The molecule has 1 saturated carbocycles. The molecule has 126 valence electrons. The number of ether oxygens (including phenoxy) is 1. The Balaban J connectivity index is 1.72. The number of anilines is 1. The predicted octanol–water partition coefficient (Wildman–Crippen LogP) is 3.34. The van der Waals surface area contributed by atoms with E-state index in [0.29, 0.717) is 44.8 Å². The summed E-state index contributed by atoms with van der Waals surface area (Å²) in [5, 5.41) is 9.65. The number of carbonyl (C=O) groups excluding carboxylic acids is 1. The Kier molecular flexibility index (Phi) is 4.04. The lowest BCUT2D eigenvalue weighted by molar-refractivity contribution is -0.159. The number of aliphatic hydroxyl groups excluding tert-OH is 1. The smallest absolute Gasteiger partial charge is 0.394 e. The van der Waals surface area contributed by atoms with Crippen molar-refractivity contribution in [1.29, 1.82) is 0 Å². The quantitative estimate of drug-likeness (QED) is 0.927. The molecule has 2 aliphatic rings. The fourth-order valence-electron chi connectivity index (χ4n) is 3.59. The molecular formula is C17H21F2NO3. The molecule has 1 aromatic carbocycles. The molecular weight excluding hydrogens is 304 g/mol. The van der Waals surface area contributed by atoms with Crippen LogP contribution in [0.3, 0.4) is 0 Å². The van der Waals surface area contributed by atoms with Gasteiger partial charge in [-0.3, -0.25) is 4.79 Å². The van der Waals surface area contributed by atoms with Crippen molar-refractivity contribution in [3.8, 4) is 5.75 Å². The van der Waals surface area contributed by atoms with Crippen molar-refractivity contribution < 1.29 is 23.4 Å². The normalized spacial score (nSPS) is 28.4. The van der Waals surface area contributed by atoms with E-state index in [1.807, 2.05) is 0 Å². The first-order chi connectivity index (χ1) is 10.8. The highest BCUT2D eigenvalue weighted by Gasteiger charge is 2.48. The van der Waals surface area contributed by atoms with Gasteiger partial charge < -0.3 is 14.7 Å². The van der Waals surface area contributed by atoms with Crippen LogP contribution < -0.4 is 9.64 Å². The van der Waals surface area contributed by atoms with E-state index < -0.39 is 6.11 Å². The molecule has 1 saturated heterocycles. The monoisotopic (exact) mass is 325 g/mol. The van der Waals surface area contributed by atoms with E-state index in [-0.39, 0.29) is 23.2 Å². The van der Waals surface area contributed by atoms with Gasteiger partial charge in [0.05, 0.1) is 11.5 Å². The molecule has 0 radical (unpaired) electrons. The highest BCUT2D eigenvalue weighted by Crippen LogP contribution is 2.46. The number of aliphatic hydroxyl groups is 1. The molecule has 23 heavy (non-hydrogen) atoms. The zero-order chi connectivity index (χ0) is 16.7. The number of carbonyl (C=O) groups is 1. The van der Waals surface area contributed by atoms with Crippen LogP contribution >= 0.6 is 0 Å². The van der Waals surface area contributed by atoms with Crippen molar-refractivity contribution in [2.75, 3.05) is 11.4 Å². The average Bonchev–Trinajstić information content (AvgIpc) is 2.79. The van der Waals surface area contributed by atoms with Gasteiger partial charge in [0.15, 0.2) is 0 Å². The van der Waals surface area contributed by atoms with E-state index >= 15 is 0 Å². The summed E-state index contributed by atoms with van der Waals surface area (Å²) in [5.41, 5.74) is 0.343. The zero-order valence-electron chi connectivity index (χ0n) is 13.1. The highest BCUT2D eigenvalue weighted by molar-refractivity contribution is 6.00. The third-order valence-electron chi connectivity index (χ3n) is 4.87. The van der Waals surface area contributed by atoms with Crippen LogP contribution in [-0.4, -0.2) is 29.8 Å². The zero-order valence-corrected chi connectivity index (χ0v) is 13.1. The highest BCUT2D eigenvalue weighted by atomic mass is 19.3. The third kappa shape index (κ3) is 3.32. The van der Waals surface area contributed by atoms with Gasteiger partial charge in [0.25, 0.3) is 0 Å². The molecule has 1 amide bonds. The van der Waals surface area contributed by atoms with E-state index in [2.05, 4.69) is 4.74 Å². The molecule has 1 spiro atoms. The molecule has 1 aliphatic heterocycles. The Labute approximate surface area is 134 Å². The Hall–Kier alpha value is -1.69. The Bertz CT molecular complexity index is 574. The minimum atomic E-state index is -3.22. The molecule has 0 bridgehead atoms. The summed E-state index contributed by atoms with van der Waals surface area (Å²) in [6.45, 7) is 1.31. The van der Waals surface area contributed by atoms with Crippen molar-refractivity contribution in [2.24, 2.45) is 5.41 Å². The fraction of sp³-hybridized carbons (Fsp3) is 0.588. The lowest BCUT2D eigenvalue weighted by atomic mass is 9.72. The summed E-state index contributed by atoms with van der Waals surface area (Å²) in [6.07, 6.45) is 0.0200. The number of alkyl halides is 2. The summed E-state index contributed by atoms with van der Waals surface area (Å²) < 4.78 is 30.2. The molecule has 0 unspecified atom stereocenters. The minimum absolute atomic E-state index is 0.0726. The maximum Gasteiger partial charge on any atom is 0.394 e. The Morgan fingerprint density at radius 1 is 1.22 bits per heavy atom. The first-order valence-electron chi connectivity index (χ1n) is 7.96. The Morgan fingerprint density at radius 3 is 2.39 bits per heavy atom. The molecule has 3 rings (SSSR count). The number of amides is 1. The summed E-state index contributed by atoms with van der Waals surface area (Å²) >= 11 is 0. The molecule has 6 heteroatoms. The lowest BCUT2D eigenvalue weighted by Crippen LogP contribution is -2.38. The van der Waals surface area contributed by atoms with Crippen molar-refractivity contribution in [3.63, 3.8) is 0 Å². The molecule has 1 aromatic rings. The number of benzene rings is 1. The van der Waals surface area contributed by atoms with Crippen LogP contribution in [0.1, 0.15) is 39.0 Å². The van der Waals surface area contributed by atoms with Crippen LogP contribution in [0.5, 0.6) is 5.75 Å². The largest absolute Gasteiger partial charge is 0.433 e. The number of hydrogen-bond donors (Lipinski definition) is 1. The third-order valence-corrected chi connectivity index (χ3v) is 4.87. The summed E-state index contributed by atoms with van der Waals surface area (Å²) in [7, 11) is 0. The average molecular weight is 325 g/mol. The van der Waals surface area contributed by atoms with Crippen LogP contribution in [-0.2, 0) is 4.79 Å². The SMILES string of the molecule is CC(F)(F)Oc1ccc(N2CCC3(CCC(O)CC3)C2=O)cc1. The first kappa shape index (κ1) is 16.2. The van der Waals surface area contributed by atoms with Crippen molar-refractivity contribution in [3.05, 3.63) is 24.3 Å². The van der Waals surface area contributed by atoms with Crippen molar-refractivity contribution in [1.82, 2.24) is 0 Å². The molecule has 1 heterocycles. The predicted molar refractivity (Wildman–Crippen MR) is 81.6 cm³/mol. The Morgan fingerprint density at radius 2 is 1.83 bits per heavy atom. The van der Waals surface area contributed by atoms with E-state index in [4.69, 9.17) is 0 Å².